The predicted molar refractivity (Wildman–Crippen MR) is 100 cm³/mol. The highest BCUT2D eigenvalue weighted by molar-refractivity contribution is 7.89. The molecule has 0 amide bonds. The zero-order valence-electron chi connectivity index (χ0n) is 14.6. The number of rotatable bonds is 7. The van der Waals surface area contributed by atoms with E-state index in [2.05, 4.69) is 4.72 Å². The first kappa shape index (κ1) is 17.4. The number of hydrogen-bond donors (Lipinski definition) is 1. The average molecular weight is 373 g/mol. The van der Waals surface area contributed by atoms with Crippen LogP contribution in [-0.4, -0.2) is 27.4 Å². The van der Waals surface area contributed by atoms with E-state index in [0.717, 1.165) is 36.1 Å². The molecule has 0 spiro atoms. The van der Waals surface area contributed by atoms with Crippen molar-refractivity contribution in [3.05, 3.63) is 59.7 Å². The van der Waals surface area contributed by atoms with Crippen LogP contribution in [0.25, 0.3) is 0 Å². The Kier molecular flexibility index (Phi) is 4.63. The number of benzene rings is 2. The zero-order valence-corrected chi connectivity index (χ0v) is 15.4. The predicted octanol–water partition coefficient (Wildman–Crippen LogP) is 3.00. The van der Waals surface area contributed by atoms with Crippen molar-refractivity contribution in [1.82, 2.24) is 4.72 Å². The molecule has 0 bridgehead atoms. The Balaban J connectivity index is 1.40. The van der Waals surface area contributed by atoms with Crippen LogP contribution in [0.5, 0.6) is 11.5 Å². The van der Waals surface area contributed by atoms with E-state index < -0.39 is 15.6 Å². The summed E-state index contributed by atoms with van der Waals surface area (Å²) in [5.41, 5.74) is 1.63. The molecule has 1 N–H and O–H groups in total. The molecule has 4 rings (SSSR count). The summed E-state index contributed by atoms with van der Waals surface area (Å²) < 4.78 is 39.2. The summed E-state index contributed by atoms with van der Waals surface area (Å²) in [6.45, 7) is 1.07. The first-order chi connectivity index (χ1) is 12.6. The van der Waals surface area contributed by atoms with Crippen LogP contribution in [0.4, 0.5) is 0 Å². The molecular weight excluding hydrogens is 350 g/mol. The summed E-state index contributed by atoms with van der Waals surface area (Å²) in [7, 11) is -3.34. The molecule has 138 valence electrons. The van der Waals surface area contributed by atoms with Crippen molar-refractivity contribution in [3.63, 3.8) is 0 Å². The SMILES string of the molecule is O=S(=O)(CCCc1ccccc1)NC1(c2ccc3c(c2)OCCO3)CC1. The van der Waals surface area contributed by atoms with Crippen molar-refractivity contribution >= 4 is 10.0 Å². The maximum atomic E-state index is 12.6. The van der Waals surface area contributed by atoms with E-state index in [1.807, 2.05) is 48.5 Å². The van der Waals surface area contributed by atoms with Gasteiger partial charge in [0.15, 0.2) is 11.5 Å². The van der Waals surface area contributed by atoms with E-state index in [4.69, 9.17) is 9.47 Å². The molecule has 0 saturated heterocycles. The van der Waals surface area contributed by atoms with Crippen LogP contribution < -0.4 is 14.2 Å². The summed E-state index contributed by atoms with van der Waals surface area (Å²) >= 11 is 0. The first-order valence-electron chi connectivity index (χ1n) is 9.02. The Morgan fingerprint density at radius 1 is 0.962 bits per heavy atom. The molecule has 2 aliphatic rings. The summed E-state index contributed by atoms with van der Waals surface area (Å²) in [5, 5.41) is 0. The van der Waals surface area contributed by atoms with Crippen LogP contribution in [-0.2, 0) is 22.0 Å². The molecule has 6 heteroatoms. The lowest BCUT2D eigenvalue weighted by Gasteiger charge is -2.22. The van der Waals surface area contributed by atoms with Gasteiger partial charge in [-0.05, 0) is 48.9 Å². The molecule has 0 aromatic heterocycles. The zero-order chi connectivity index (χ0) is 18.0. The monoisotopic (exact) mass is 373 g/mol. The van der Waals surface area contributed by atoms with Gasteiger partial charge in [-0.2, -0.15) is 0 Å². The van der Waals surface area contributed by atoms with Gasteiger partial charge >= 0.3 is 0 Å². The summed E-state index contributed by atoms with van der Waals surface area (Å²) in [4.78, 5) is 0. The van der Waals surface area contributed by atoms with Crippen LogP contribution in [0.3, 0.4) is 0 Å². The highest BCUT2D eigenvalue weighted by atomic mass is 32.2. The second-order valence-corrected chi connectivity index (χ2v) is 8.79. The molecule has 2 aromatic rings. The molecular formula is C20H23NO4S. The topological polar surface area (TPSA) is 64.6 Å². The Labute approximate surface area is 154 Å². The number of sulfonamides is 1. The summed E-state index contributed by atoms with van der Waals surface area (Å²) in [5.74, 6) is 1.55. The molecule has 1 aliphatic carbocycles. The van der Waals surface area contributed by atoms with E-state index in [1.54, 1.807) is 0 Å². The lowest BCUT2D eigenvalue weighted by atomic mass is 10.1. The quantitative estimate of drug-likeness (QED) is 0.810. The van der Waals surface area contributed by atoms with Crippen LogP contribution in [0.2, 0.25) is 0 Å². The van der Waals surface area contributed by atoms with Crippen molar-refractivity contribution in [2.45, 2.75) is 31.2 Å². The van der Waals surface area contributed by atoms with Crippen molar-refractivity contribution in [1.29, 1.82) is 0 Å². The van der Waals surface area contributed by atoms with E-state index >= 15 is 0 Å². The molecule has 5 nitrogen and oxygen atoms in total. The molecule has 1 fully saturated rings. The standard InChI is InChI=1S/C20H23NO4S/c22-26(23,14-4-7-16-5-2-1-3-6-16)21-20(10-11-20)17-8-9-18-19(15-17)25-13-12-24-18/h1-3,5-6,8-9,15,21H,4,7,10-14H2. The highest BCUT2D eigenvalue weighted by Gasteiger charge is 2.47. The highest BCUT2D eigenvalue weighted by Crippen LogP contribution is 2.48. The first-order valence-corrected chi connectivity index (χ1v) is 10.7. The Morgan fingerprint density at radius 2 is 1.69 bits per heavy atom. The largest absolute Gasteiger partial charge is 0.486 e. The van der Waals surface area contributed by atoms with Crippen LogP contribution in [0.1, 0.15) is 30.4 Å². The molecule has 2 aromatic carbocycles. The van der Waals surface area contributed by atoms with Crippen LogP contribution >= 0.6 is 0 Å². The summed E-state index contributed by atoms with van der Waals surface area (Å²) in [6.07, 6.45) is 2.99. The van der Waals surface area contributed by atoms with E-state index in [1.165, 1.54) is 0 Å². The van der Waals surface area contributed by atoms with E-state index in [-0.39, 0.29) is 5.75 Å². The van der Waals surface area contributed by atoms with Gasteiger partial charge in [-0.15, -0.1) is 0 Å². The minimum atomic E-state index is -3.34. The number of nitrogens with one attached hydrogen (secondary N) is 1. The second kappa shape index (κ2) is 6.93. The van der Waals surface area contributed by atoms with Crippen LogP contribution in [0.15, 0.2) is 48.5 Å². The van der Waals surface area contributed by atoms with Crippen molar-refractivity contribution < 1.29 is 17.9 Å². The van der Waals surface area contributed by atoms with Gasteiger partial charge in [0, 0.05) is 0 Å². The lowest BCUT2D eigenvalue weighted by molar-refractivity contribution is 0.171. The molecule has 1 heterocycles. The van der Waals surface area contributed by atoms with Crippen molar-refractivity contribution in [2.24, 2.45) is 0 Å². The van der Waals surface area contributed by atoms with Gasteiger partial charge in [0.05, 0.1) is 11.3 Å². The number of aryl methyl sites for hydroxylation is 1. The fraction of sp³-hybridized carbons (Fsp3) is 0.400. The third-order valence-corrected chi connectivity index (χ3v) is 6.44. The normalized spacial score (nSPS) is 17.7. The molecule has 1 saturated carbocycles. The second-order valence-electron chi connectivity index (χ2n) is 6.95. The fourth-order valence-electron chi connectivity index (χ4n) is 3.38. The van der Waals surface area contributed by atoms with E-state index in [9.17, 15) is 8.42 Å². The summed E-state index contributed by atoms with van der Waals surface area (Å²) in [6, 6.07) is 15.7. The molecule has 26 heavy (non-hydrogen) atoms. The number of hydrogen-bond acceptors (Lipinski definition) is 4. The van der Waals surface area contributed by atoms with Crippen LogP contribution in [0, 0.1) is 0 Å². The average Bonchev–Trinajstić information content (AvgIpc) is 3.42. The van der Waals surface area contributed by atoms with Gasteiger partial charge < -0.3 is 9.47 Å². The molecule has 0 atom stereocenters. The molecule has 0 unspecified atom stereocenters. The number of fused-ring (bicyclic) bond motifs is 1. The maximum Gasteiger partial charge on any atom is 0.212 e. The van der Waals surface area contributed by atoms with Gasteiger partial charge in [-0.1, -0.05) is 36.4 Å². The Morgan fingerprint density at radius 3 is 2.42 bits per heavy atom. The van der Waals surface area contributed by atoms with E-state index in [0.29, 0.717) is 25.4 Å². The molecule has 1 aliphatic heterocycles. The van der Waals surface area contributed by atoms with Crippen molar-refractivity contribution in [2.75, 3.05) is 19.0 Å². The van der Waals surface area contributed by atoms with Gasteiger partial charge in [0.1, 0.15) is 13.2 Å². The maximum absolute atomic E-state index is 12.6. The van der Waals surface area contributed by atoms with Gasteiger partial charge in [-0.3, -0.25) is 0 Å². The third kappa shape index (κ3) is 3.86. The van der Waals surface area contributed by atoms with Gasteiger partial charge in [0.2, 0.25) is 10.0 Å². The smallest absolute Gasteiger partial charge is 0.212 e. The molecule has 0 radical (unpaired) electrons. The van der Waals surface area contributed by atoms with Crippen molar-refractivity contribution in [3.8, 4) is 11.5 Å². The Bertz CT molecular complexity index is 876. The minimum absolute atomic E-state index is 0.133. The van der Waals surface area contributed by atoms with Gasteiger partial charge in [-0.25, -0.2) is 13.1 Å². The fourth-order valence-corrected chi connectivity index (χ4v) is 4.92. The minimum Gasteiger partial charge on any atom is -0.486 e. The van der Waals surface area contributed by atoms with Gasteiger partial charge in [0.25, 0.3) is 0 Å². The number of ether oxygens (including phenoxy) is 2. The third-order valence-electron chi connectivity index (χ3n) is 4.92. The lowest BCUT2D eigenvalue weighted by Crippen LogP contribution is -2.36. The Hall–Kier alpha value is -2.05.